The quantitative estimate of drug-likeness (QED) is 0.811. The number of fused-ring (bicyclic) bond motifs is 1. The van der Waals surface area contributed by atoms with E-state index in [9.17, 15) is 0 Å². The molecule has 0 aliphatic rings. The highest BCUT2D eigenvalue weighted by molar-refractivity contribution is 9.10. The van der Waals surface area contributed by atoms with Crippen molar-refractivity contribution < 1.29 is 0 Å². The highest BCUT2D eigenvalue weighted by Gasteiger charge is 2.25. The molecule has 2 aromatic rings. The molecule has 2 rings (SSSR count). The third-order valence-electron chi connectivity index (χ3n) is 4.28. The predicted octanol–water partition coefficient (Wildman–Crippen LogP) is 4.96. The van der Waals surface area contributed by atoms with Crippen LogP contribution in [0.25, 0.3) is 10.9 Å². The van der Waals surface area contributed by atoms with Crippen molar-refractivity contribution in [2.24, 2.45) is 0 Å². The van der Waals surface area contributed by atoms with E-state index < -0.39 is 0 Å². The fourth-order valence-electron chi connectivity index (χ4n) is 2.60. The van der Waals surface area contributed by atoms with E-state index in [0.29, 0.717) is 5.69 Å². The first kappa shape index (κ1) is 15.1. The van der Waals surface area contributed by atoms with Crippen molar-refractivity contribution in [2.45, 2.75) is 45.6 Å². The Morgan fingerprint density at radius 3 is 2.45 bits per heavy atom. The van der Waals surface area contributed by atoms with Crippen LogP contribution in [0.2, 0.25) is 0 Å². The number of anilines is 2. The Hall–Kier alpha value is -1.29. The second-order valence-electron chi connectivity index (χ2n) is 5.22. The smallest absolute Gasteiger partial charge is 0.0743 e. The second kappa shape index (κ2) is 6.00. The standard InChI is InChI=1S/C16H22BrN3/c1-4-16(5-2,6-3)20-15-12-9-11(17)7-8-14(12)19-10-13(15)18/h7-10H,4-6,18H2,1-3H3,(H,19,20). The number of rotatable bonds is 5. The lowest BCUT2D eigenvalue weighted by Crippen LogP contribution is -2.36. The number of halogens is 1. The SMILES string of the molecule is CCC(CC)(CC)Nc1c(N)cnc2ccc(Br)cc12. The van der Waals surface area contributed by atoms with Crippen LogP contribution in [-0.4, -0.2) is 10.5 Å². The zero-order valence-electron chi connectivity index (χ0n) is 12.3. The number of benzene rings is 1. The molecule has 0 aliphatic heterocycles. The Kier molecular flexibility index (Phi) is 4.53. The van der Waals surface area contributed by atoms with Crippen molar-refractivity contribution in [3.05, 3.63) is 28.9 Å². The first-order valence-corrected chi connectivity index (χ1v) is 7.96. The summed E-state index contributed by atoms with van der Waals surface area (Å²) in [6.45, 7) is 6.65. The molecule has 1 aromatic carbocycles. The Bertz CT molecular complexity index is 592. The summed E-state index contributed by atoms with van der Waals surface area (Å²) in [5.74, 6) is 0. The van der Waals surface area contributed by atoms with E-state index in [1.807, 2.05) is 12.1 Å². The number of nitrogen functional groups attached to an aromatic ring is 1. The van der Waals surface area contributed by atoms with Crippen LogP contribution in [0.1, 0.15) is 40.0 Å². The minimum Gasteiger partial charge on any atom is -0.396 e. The topological polar surface area (TPSA) is 50.9 Å². The van der Waals surface area contributed by atoms with Crippen molar-refractivity contribution in [3.8, 4) is 0 Å². The summed E-state index contributed by atoms with van der Waals surface area (Å²) in [6, 6.07) is 6.09. The Morgan fingerprint density at radius 1 is 1.20 bits per heavy atom. The maximum Gasteiger partial charge on any atom is 0.0743 e. The molecular weight excluding hydrogens is 314 g/mol. The van der Waals surface area contributed by atoms with Gasteiger partial charge < -0.3 is 11.1 Å². The average molecular weight is 336 g/mol. The van der Waals surface area contributed by atoms with E-state index in [1.54, 1.807) is 6.20 Å². The van der Waals surface area contributed by atoms with Crippen molar-refractivity contribution in [1.82, 2.24) is 4.98 Å². The van der Waals surface area contributed by atoms with Crippen molar-refractivity contribution in [1.29, 1.82) is 0 Å². The molecule has 0 fully saturated rings. The maximum atomic E-state index is 6.17. The molecule has 0 saturated heterocycles. The highest BCUT2D eigenvalue weighted by atomic mass is 79.9. The van der Waals surface area contributed by atoms with E-state index in [2.05, 4.69) is 53.1 Å². The molecule has 20 heavy (non-hydrogen) atoms. The molecule has 0 aliphatic carbocycles. The van der Waals surface area contributed by atoms with Gasteiger partial charge in [-0.25, -0.2) is 0 Å². The molecule has 0 bridgehead atoms. The summed E-state index contributed by atoms with van der Waals surface area (Å²) in [6.07, 6.45) is 4.94. The Labute approximate surface area is 129 Å². The molecular formula is C16H22BrN3. The number of nitrogens with two attached hydrogens (primary N) is 1. The van der Waals surface area contributed by atoms with Gasteiger partial charge in [-0.05, 0) is 37.5 Å². The van der Waals surface area contributed by atoms with Crippen LogP contribution >= 0.6 is 15.9 Å². The summed E-state index contributed by atoms with van der Waals surface area (Å²) in [7, 11) is 0. The van der Waals surface area contributed by atoms with E-state index in [4.69, 9.17) is 5.73 Å². The fraction of sp³-hybridized carbons (Fsp3) is 0.438. The predicted molar refractivity (Wildman–Crippen MR) is 91.1 cm³/mol. The van der Waals surface area contributed by atoms with E-state index >= 15 is 0 Å². The van der Waals surface area contributed by atoms with Crippen molar-refractivity contribution in [2.75, 3.05) is 11.1 Å². The lowest BCUT2D eigenvalue weighted by Gasteiger charge is -2.34. The second-order valence-corrected chi connectivity index (χ2v) is 6.13. The van der Waals surface area contributed by atoms with Crippen molar-refractivity contribution >= 4 is 38.2 Å². The first-order chi connectivity index (χ1) is 9.55. The van der Waals surface area contributed by atoms with Crippen LogP contribution in [0.5, 0.6) is 0 Å². The molecule has 0 amide bonds. The normalized spacial score (nSPS) is 11.8. The van der Waals surface area contributed by atoms with E-state index in [0.717, 1.165) is 40.3 Å². The van der Waals surface area contributed by atoms with Gasteiger partial charge in [0, 0.05) is 15.4 Å². The van der Waals surface area contributed by atoms with Crippen molar-refractivity contribution in [3.63, 3.8) is 0 Å². The third kappa shape index (κ3) is 2.75. The maximum absolute atomic E-state index is 6.17. The fourth-order valence-corrected chi connectivity index (χ4v) is 2.96. The summed E-state index contributed by atoms with van der Waals surface area (Å²) in [5, 5.41) is 4.76. The molecule has 0 radical (unpaired) electrons. The van der Waals surface area contributed by atoms with E-state index in [1.165, 1.54) is 0 Å². The van der Waals surface area contributed by atoms with Gasteiger partial charge in [0.25, 0.3) is 0 Å². The molecule has 1 heterocycles. The van der Waals surface area contributed by atoms with Gasteiger partial charge >= 0.3 is 0 Å². The molecule has 3 nitrogen and oxygen atoms in total. The van der Waals surface area contributed by atoms with Crippen LogP contribution in [0.3, 0.4) is 0 Å². The number of hydrogen-bond donors (Lipinski definition) is 2. The zero-order chi connectivity index (χ0) is 14.8. The molecule has 108 valence electrons. The van der Waals surface area contributed by atoms with Gasteiger partial charge in [-0.3, -0.25) is 4.98 Å². The number of nitrogens with one attached hydrogen (secondary N) is 1. The minimum atomic E-state index is 0.0880. The van der Waals surface area contributed by atoms with Gasteiger partial charge in [0.2, 0.25) is 0 Å². The lowest BCUT2D eigenvalue weighted by molar-refractivity contribution is 0.421. The van der Waals surface area contributed by atoms with Crippen LogP contribution < -0.4 is 11.1 Å². The van der Waals surface area contributed by atoms with Gasteiger partial charge in [-0.1, -0.05) is 36.7 Å². The van der Waals surface area contributed by atoms with Gasteiger partial charge in [-0.15, -0.1) is 0 Å². The van der Waals surface area contributed by atoms with E-state index in [-0.39, 0.29) is 5.54 Å². The number of hydrogen-bond acceptors (Lipinski definition) is 3. The number of pyridine rings is 1. The lowest BCUT2D eigenvalue weighted by atomic mass is 9.89. The number of nitrogens with zero attached hydrogens (tertiary/aromatic N) is 1. The van der Waals surface area contributed by atoms with Crippen LogP contribution in [-0.2, 0) is 0 Å². The summed E-state index contributed by atoms with van der Waals surface area (Å²) < 4.78 is 1.04. The molecule has 0 saturated carbocycles. The first-order valence-electron chi connectivity index (χ1n) is 7.17. The molecule has 0 spiro atoms. The van der Waals surface area contributed by atoms with Crippen LogP contribution in [0, 0.1) is 0 Å². The molecule has 1 aromatic heterocycles. The number of aromatic nitrogens is 1. The largest absolute Gasteiger partial charge is 0.396 e. The monoisotopic (exact) mass is 335 g/mol. The van der Waals surface area contributed by atoms with Gasteiger partial charge in [-0.2, -0.15) is 0 Å². The van der Waals surface area contributed by atoms with Gasteiger partial charge in [0.05, 0.1) is 23.1 Å². The third-order valence-corrected chi connectivity index (χ3v) is 4.77. The summed E-state index contributed by atoms with van der Waals surface area (Å²) in [4.78, 5) is 4.40. The molecule has 0 atom stereocenters. The summed E-state index contributed by atoms with van der Waals surface area (Å²) in [5.41, 5.74) is 8.92. The molecule has 3 N–H and O–H groups in total. The van der Waals surface area contributed by atoms with Gasteiger partial charge in [0.15, 0.2) is 0 Å². The zero-order valence-corrected chi connectivity index (χ0v) is 13.9. The summed E-state index contributed by atoms with van der Waals surface area (Å²) >= 11 is 3.53. The Morgan fingerprint density at radius 2 is 1.85 bits per heavy atom. The van der Waals surface area contributed by atoms with Crippen LogP contribution in [0.4, 0.5) is 11.4 Å². The molecule has 4 heteroatoms. The molecule has 0 unspecified atom stereocenters. The highest BCUT2D eigenvalue weighted by Crippen LogP contribution is 2.34. The van der Waals surface area contributed by atoms with Gasteiger partial charge in [0.1, 0.15) is 0 Å². The minimum absolute atomic E-state index is 0.0880. The Balaban J connectivity index is 2.58. The van der Waals surface area contributed by atoms with Crippen LogP contribution in [0.15, 0.2) is 28.9 Å². The average Bonchev–Trinajstić information content (AvgIpc) is 2.47.